The third kappa shape index (κ3) is 2.99. The predicted octanol–water partition coefficient (Wildman–Crippen LogP) is 3.89. The molecular formula is C11H8INOS2. The van der Waals surface area contributed by atoms with Crippen LogP contribution < -0.4 is 5.32 Å². The van der Waals surface area contributed by atoms with E-state index in [1.54, 1.807) is 6.07 Å². The summed E-state index contributed by atoms with van der Waals surface area (Å²) in [4.78, 5) is 13.3. The maximum absolute atomic E-state index is 11.8. The lowest BCUT2D eigenvalue weighted by molar-refractivity contribution is 0.103. The molecular weight excluding hydrogens is 353 g/mol. The number of thiophene rings is 1. The van der Waals surface area contributed by atoms with Gasteiger partial charge in [0, 0.05) is 19.5 Å². The van der Waals surface area contributed by atoms with E-state index < -0.39 is 0 Å². The van der Waals surface area contributed by atoms with Crippen molar-refractivity contribution >= 4 is 58.2 Å². The van der Waals surface area contributed by atoms with Crippen LogP contribution in [0, 0.1) is 3.57 Å². The summed E-state index contributed by atoms with van der Waals surface area (Å²) in [6.45, 7) is 0. The Morgan fingerprint density at radius 1 is 1.31 bits per heavy atom. The molecule has 82 valence electrons. The number of anilines is 1. The number of nitrogens with one attached hydrogen (secondary N) is 1. The molecule has 1 N–H and O–H groups in total. The van der Waals surface area contributed by atoms with E-state index in [0.29, 0.717) is 4.88 Å². The first-order valence-electron chi connectivity index (χ1n) is 4.49. The summed E-state index contributed by atoms with van der Waals surface area (Å²) in [6, 6.07) is 9.43. The van der Waals surface area contributed by atoms with Crippen molar-refractivity contribution < 1.29 is 4.79 Å². The fourth-order valence-electron chi connectivity index (χ4n) is 1.17. The number of hydrogen-bond donors (Lipinski definition) is 2. The van der Waals surface area contributed by atoms with Crippen LogP contribution in [0.1, 0.15) is 9.67 Å². The van der Waals surface area contributed by atoms with Crippen LogP contribution in [0.2, 0.25) is 0 Å². The molecule has 16 heavy (non-hydrogen) atoms. The van der Waals surface area contributed by atoms with Gasteiger partial charge in [-0.25, -0.2) is 0 Å². The van der Waals surface area contributed by atoms with Crippen molar-refractivity contribution in [3.05, 3.63) is 44.2 Å². The summed E-state index contributed by atoms with van der Waals surface area (Å²) >= 11 is 7.78. The smallest absolute Gasteiger partial charge is 0.265 e. The molecule has 0 fully saturated rings. The summed E-state index contributed by atoms with van der Waals surface area (Å²) < 4.78 is 1.14. The predicted molar refractivity (Wildman–Crippen MR) is 78.7 cm³/mol. The van der Waals surface area contributed by atoms with Gasteiger partial charge >= 0.3 is 0 Å². The quantitative estimate of drug-likeness (QED) is 0.617. The number of halogens is 1. The van der Waals surface area contributed by atoms with E-state index in [1.165, 1.54) is 11.3 Å². The van der Waals surface area contributed by atoms with Gasteiger partial charge < -0.3 is 5.32 Å². The van der Waals surface area contributed by atoms with Crippen LogP contribution in [-0.4, -0.2) is 5.91 Å². The van der Waals surface area contributed by atoms with Crippen molar-refractivity contribution in [2.24, 2.45) is 0 Å². The fourth-order valence-corrected chi connectivity index (χ4v) is 2.57. The Morgan fingerprint density at radius 3 is 2.56 bits per heavy atom. The molecule has 0 unspecified atom stereocenters. The molecule has 1 aromatic carbocycles. The van der Waals surface area contributed by atoms with Crippen LogP contribution in [0.15, 0.2) is 40.6 Å². The topological polar surface area (TPSA) is 29.1 Å². The maximum Gasteiger partial charge on any atom is 0.265 e. The van der Waals surface area contributed by atoms with Gasteiger partial charge in [-0.3, -0.25) is 4.79 Å². The van der Waals surface area contributed by atoms with Gasteiger partial charge in [-0.15, -0.1) is 24.0 Å². The second-order valence-electron chi connectivity index (χ2n) is 3.13. The van der Waals surface area contributed by atoms with Crippen LogP contribution in [0.25, 0.3) is 0 Å². The van der Waals surface area contributed by atoms with Crippen LogP contribution in [0.4, 0.5) is 5.69 Å². The van der Waals surface area contributed by atoms with E-state index in [1.807, 2.05) is 29.6 Å². The molecule has 1 aromatic heterocycles. The van der Waals surface area contributed by atoms with Crippen LogP contribution in [0.5, 0.6) is 0 Å². The van der Waals surface area contributed by atoms with Crippen LogP contribution in [-0.2, 0) is 0 Å². The van der Waals surface area contributed by atoms with Crippen molar-refractivity contribution in [1.82, 2.24) is 0 Å². The van der Waals surface area contributed by atoms with Crippen LogP contribution >= 0.6 is 46.6 Å². The van der Waals surface area contributed by atoms with Crippen molar-refractivity contribution in [3.8, 4) is 0 Å². The third-order valence-electron chi connectivity index (χ3n) is 1.91. The highest BCUT2D eigenvalue weighted by Gasteiger charge is 2.08. The average molecular weight is 361 g/mol. The molecule has 0 aliphatic carbocycles. The molecule has 1 heterocycles. The first-order chi connectivity index (χ1) is 7.65. The summed E-state index contributed by atoms with van der Waals surface area (Å²) in [6.07, 6.45) is 0. The highest BCUT2D eigenvalue weighted by molar-refractivity contribution is 14.1. The second-order valence-corrected chi connectivity index (χ2v) is 5.80. The zero-order valence-corrected chi connectivity index (χ0v) is 12.0. The van der Waals surface area contributed by atoms with E-state index in [2.05, 4.69) is 40.5 Å². The SMILES string of the molecule is O=C(Nc1ccc(I)cc1)c1cc(S)cs1. The van der Waals surface area contributed by atoms with Crippen LogP contribution in [0.3, 0.4) is 0 Å². The van der Waals surface area contributed by atoms with E-state index in [4.69, 9.17) is 0 Å². The first-order valence-corrected chi connectivity index (χ1v) is 6.90. The lowest BCUT2D eigenvalue weighted by atomic mass is 10.3. The van der Waals surface area contributed by atoms with Gasteiger partial charge in [0.05, 0.1) is 4.88 Å². The van der Waals surface area contributed by atoms with E-state index in [-0.39, 0.29) is 5.91 Å². The van der Waals surface area contributed by atoms with Gasteiger partial charge in [-0.2, -0.15) is 0 Å². The number of hydrogen-bond acceptors (Lipinski definition) is 3. The van der Waals surface area contributed by atoms with E-state index in [9.17, 15) is 4.79 Å². The zero-order chi connectivity index (χ0) is 11.5. The molecule has 0 atom stereocenters. The molecule has 0 bridgehead atoms. The summed E-state index contributed by atoms with van der Waals surface area (Å²) in [5.41, 5.74) is 0.805. The van der Waals surface area contributed by atoms with Crippen molar-refractivity contribution in [2.75, 3.05) is 5.32 Å². The minimum atomic E-state index is -0.0912. The highest BCUT2D eigenvalue weighted by atomic mass is 127. The molecule has 5 heteroatoms. The molecule has 2 rings (SSSR count). The standard InChI is InChI=1S/C11H8INOS2/c12-7-1-3-8(4-2-7)13-11(14)10-5-9(15)6-16-10/h1-6,15H,(H,13,14). The van der Waals surface area contributed by atoms with Crippen molar-refractivity contribution in [1.29, 1.82) is 0 Å². The Balaban J connectivity index is 2.10. The van der Waals surface area contributed by atoms with Gasteiger partial charge in [0.2, 0.25) is 0 Å². The number of rotatable bonds is 2. The molecule has 0 aliphatic heterocycles. The minimum Gasteiger partial charge on any atom is -0.321 e. The molecule has 0 saturated carbocycles. The number of thiol groups is 1. The highest BCUT2D eigenvalue weighted by Crippen LogP contribution is 2.19. The molecule has 1 amide bonds. The van der Waals surface area contributed by atoms with Crippen molar-refractivity contribution in [2.45, 2.75) is 4.90 Å². The molecule has 0 saturated heterocycles. The zero-order valence-electron chi connectivity index (χ0n) is 8.11. The van der Waals surface area contributed by atoms with Gasteiger partial charge in [0.25, 0.3) is 5.91 Å². The van der Waals surface area contributed by atoms with Gasteiger partial charge in [-0.1, -0.05) is 0 Å². The first kappa shape index (κ1) is 11.9. The van der Waals surface area contributed by atoms with Gasteiger partial charge in [-0.05, 0) is 52.9 Å². The number of benzene rings is 1. The Bertz CT molecular complexity index is 507. The molecule has 2 aromatic rings. The second kappa shape index (κ2) is 5.20. The summed E-state index contributed by atoms with van der Waals surface area (Å²) in [7, 11) is 0. The minimum absolute atomic E-state index is 0.0912. The largest absolute Gasteiger partial charge is 0.321 e. The Hall–Kier alpha value is -0.530. The number of carbonyl (C=O) groups excluding carboxylic acids is 1. The Labute approximate surface area is 117 Å². The molecule has 0 radical (unpaired) electrons. The fraction of sp³-hybridized carbons (Fsp3) is 0. The van der Waals surface area contributed by atoms with Gasteiger partial charge in [0.15, 0.2) is 0 Å². The molecule has 0 spiro atoms. The maximum atomic E-state index is 11.8. The molecule has 0 aliphatic rings. The van der Waals surface area contributed by atoms with E-state index in [0.717, 1.165) is 14.2 Å². The van der Waals surface area contributed by atoms with E-state index >= 15 is 0 Å². The van der Waals surface area contributed by atoms with Crippen molar-refractivity contribution in [3.63, 3.8) is 0 Å². The number of amides is 1. The summed E-state index contributed by atoms with van der Waals surface area (Å²) in [5, 5.41) is 4.67. The lowest BCUT2D eigenvalue weighted by Crippen LogP contribution is -2.09. The van der Waals surface area contributed by atoms with Gasteiger partial charge in [0.1, 0.15) is 0 Å². The normalized spacial score (nSPS) is 10.1. The molecule has 2 nitrogen and oxygen atoms in total. The number of carbonyl (C=O) groups is 1. The third-order valence-corrected chi connectivity index (χ3v) is 3.99. The monoisotopic (exact) mass is 361 g/mol. The Morgan fingerprint density at radius 2 is 2.00 bits per heavy atom. The lowest BCUT2D eigenvalue weighted by Gasteiger charge is -2.02. The Kier molecular flexibility index (Phi) is 3.88. The average Bonchev–Trinajstić information content (AvgIpc) is 2.68. The summed E-state index contributed by atoms with van der Waals surface area (Å²) in [5.74, 6) is -0.0912.